The van der Waals surface area contributed by atoms with Crippen LogP contribution in [0.15, 0.2) is 64.5 Å². The van der Waals surface area contributed by atoms with Gasteiger partial charge in [0.2, 0.25) is 0 Å². The molecule has 0 fully saturated rings. The first-order valence-corrected chi connectivity index (χ1v) is 9.32. The third-order valence-electron chi connectivity index (χ3n) is 4.33. The molecular formula is C18H14BrCl2N5. The summed E-state index contributed by atoms with van der Waals surface area (Å²) in [6.07, 6.45) is 9.68. The van der Waals surface area contributed by atoms with Crippen molar-refractivity contribution in [1.29, 1.82) is 0 Å². The highest BCUT2D eigenvalue weighted by Crippen LogP contribution is 2.44. The highest BCUT2D eigenvalue weighted by atomic mass is 79.9. The zero-order valence-corrected chi connectivity index (χ0v) is 16.8. The highest BCUT2D eigenvalue weighted by Gasteiger charge is 2.38. The van der Waals surface area contributed by atoms with Gasteiger partial charge >= 0.3 is 0 Å². The van der Waals surface area contributed by atoms with Crippen LogP contribution in [-0.2, 0) is 5.54 Å². The number of hydrogen-bond acceptors (Lipinski definition) is 3. The lowest BCUT2D eigenvalue weighted by Crippen LogP contribution is -2.40. The van der Waals surface area contributed by atoms with Crippen molar-refractivity contribution >= 4 is 50.5 Å². The van der Waals surface area contributed by atoms with Crippen molar-refractivity contribution in [3.05, 3.63) is 85.4 Å². The van der Waals surface area contributed by atoms with Gasteiger partial charge in [0.25, 0.3) is 0 Å². The average Bonchev–Trinajstić information content (AvgIpc) is 2.61. The number of hydrogen-bond donors (Lipinski definition) is 1. The van der Waals surface area contributed by atoms with E-state index in [4.69, 9.17) is 28.7 Å². The smallest absolute Gasteiger partial charge is 0.106 e. The molecule has 1 aliphatic carbocycles. The largest absolute Gasteiger partial charge is 0.370 e. The summed E-state index contributed by atoms with van der Waals surface area (Å²) >= 11 is 15.9. The van der Waals surface area contributed by atoms with E-state index in [-0.39, 0.29) is 5.92 Å². The van der Waals surface area contributed by atoms with Crippen molar-refractivity contribution in [3.8, 4) is 0 Å². The second-order valence-corrected chi connectivity index (χ2v) is 7.44. The van der Waals surface area contributed by atoms with E-state index in [1.54, 1.807) is 18.3 Å². The van der Waals surface area contributed by atoms with Crippen LogP contribution in [0.4, 0.5) is 11.4 Å². The zero-order chi connectivity index (χ0) is 18.7. The Morgan fingerprint density at radius 1 is 1.35 bits per heavy atom. The Balaban J connectivity index is 2.21. The van der Waals surface area contributed by atoms with Gasteiger partial charge in [-0.25, -0.2) is 4.98 Å². The summed E-state index contributed by atoms with van der Waals surface area (Å²) in [6, 6.07) is 7.10. The van der Waals surface area contributed by atoms with Gasteiger partial charge in [-0.05, 0) is 39.7 Å². The van der Waals surface area contributed by atoms with Gasteiger partial charge in [0.15, 0.2) is 0 Å². The first-order valence-electron chi connectivity index (χ1n) is 7.77. The number of allylic oxidation sites excluding steroid dienone is 2. The highest BCUT2D eigenvalue weighted by molar-refractivity contribution is 9.10. The molecule has 0 bridgehead atoms. The summed E-state index contributed by atoms with van der Waals surface area (Å²) in [5, 5.41) is 8.24. The Morgan fingerprint density at radius 3 is 2.88 bits per heavy atom. The third kappa shape index (κ3) is 3.46. The van der Waals surface area contributed by atoms with E-state index in [0.717, 1.165) is 5.56 Å². The molecule has 3 rings (SSSR count). The fourth-order valence-electron chi connectivity index (χ4n) is 2.99. The first-order chi connectivity index (χ1) is 12.5. The second-order valence-electron chi connectivity index (χ2n) is 5.84. The molecule has 1 aliphatic rings. The zero-order valence-electron chi connectivity index (χ0n) is 13.7. The molecule has 8 heteroatoms. The number of nitrogens with zero attached hydrogens (tertiary/aromatic N) is 4. The number of anilines is 1. The summed E-state index contributed by atoms with van der Waals surface area (Å²) in [4.78, 5) is 7.29. The Kier molecular flexibility index (Phi) is 5.58. The van der Waals surface area contributed by atoms with E-state index in [0.29, 0.717) is 26.0 Å². The Bertz CT molecular complexity index is 953. The predicted octanol–water partition coefficient (Wildman–Crippen LogP) is 7.16. The predicted molar refractivity (Wildman–Crippen MR) is 110 cm³/mol. The molecule has 0 spiro atoms. The molecule has 1 aromatic heterocycles. The van der Waals surface area contributed by atoms with Crippen LogP contribution in [0, 0.1) is 5.92 Å². The van der Waals surface area contributed by atoms with Gasteiger partial charge in [-0.3, -0.25) is 0 Å². The molecule has 26 heavy (non-hydrogen) atoms. The quantitative estimate of drug-likeness (QED) is 0.232. The van der Waals surface area contributed by atoms with E-state index in [1.807, 2.05) is 30.4 Å². The van der Waals surface area contributed by atoms with Gasteiger partial charge in [-0.2, -0.15) is 0 Å². The molecule has 2 aromatic rings. The average molecular weight is 451 g/mol. The topological polar surface area (TPSA) is 73.7 Å². The van der Waals surface area contributed by atoms with Crippen molar-refractivity contribution in [1.82, 2.24) is 4.98 Å². The molecule has 1 heterocycles. The summed E-state index contributed by atoms with van der Waals surface area (Å²) in [5.41, 5.74) is 10.2. The number of aromatic nitrogens is 1. The van der Waals surface area contributed by atoms with Gasteiger partial charge in [0, 0.05) is 28.3 Å². The molecule has 0 radical (unpaired) electrons. The Hall–Kier alpha value is -1.98. The minimum absolute atomic E-state index is 0.0261. The van der Waals surface area contributed by atoms with Gasteiger partial charge in [-0.1, -0.05) is 65.6 Å². The number of rotatable bonds is 4. The molecule has 1 N–H and O–H groups in total. The van der Waals surface area contributed by atoms with Crippen molar-refractivity contribution in [2.45, 2.75) is 12.5 Å². The van der Waals surface area contributed by atoms with E-state index < -0.39 is 5.54 Å². The molecule has 132 valence electrons. The van der Waals surface area contributed by atoms with Crippen LogP contribution in [-0.4, -0.2) is 4.98 Å². The molecular weight excluding hydrogens is 437 g/mol. The van der Waals surface area contributed by atoms with E-state index in [1.165, 1.54) is 0 Å². The minimum Gasteiger partial charge on any atom is -0.370 e. The monoisotopic (exact) mass is 449 g/mol. The van der Waals surface area contributed by atoms with Crippen LogP contribution in [0.3, 0.4) is 0 Å². The van der Waals surface area contributed by atoms with Crippen molar-refractivity contribution in [3.63, 3.8) is 0 Å². The minimum atomic E-state index is -0.708. The van der Waals surface area contributed by atoms with Gasteiger partial charge in [0.1, 0.15) is 4.60 Å². The van der Waals surface area contributed by atoms with Gasteiger partial charge in [-0.15, -0.1) is 0 Å². The maximum absolute atomic E-state index is 8.99. The lowest BCUT2D eigenvalue weighted by Gasteiger charge is -2.40. The van der Waals surface area contributed by atoms with Crippen LogP contribution in [0.2, 0.25) is 10.0 Å². The molecule has 5 nitrogen and oxygen atoms in total. The summed E-state index contributed by atoms with van der Waals surface area (Å²) in [5.74, 6) is 0.0261. The molecule has 0 saturated carbocycles. The third-order valence-corrected chi connectivity index (χ3v) is 5.58. The van der Waals surface area contributed by atoms with Crippen molar-refractivity contribution < 1.29 is 0 Å². The van der Waals surface area contributed by atoms with E-state index >= 15 is 0 Å². The standard InChI is InChI=1S/C18H14BrCl2N5/c1-11-5-2-3-8-18(11,24-14-7-4-6-13(20)17(14)21)12-10-23-16(19)9-15(12)25-26-22/h2-11,24H,1H3. The fourth-order valence-corrected chi connectivity index (χ4v) is 3.66. The van der Waals surface area contributed by atoms with Crippen LogP contribution in [0.25, 0.3) is 10.4 Å². The molecule has 0 amide bonds. The van der Waals surface area contributed by atoms with Crippen LogP contribution in [0.1, 0.15) is 12.5 Å². The summed E-state index contributed by atoms with van der Waals surface area (Å²) in [6.45, 7) is 2.06. The van der Waals surface area contributed by atoms with Crippen LogP contribution >= 0.6 is 39.1 Å². The number of benzene rings is 1. The number of halogens is 3. The lowest BCUT2D eigenvalue weighted by atomic mass is 9.76. The summed E-state index contributed by atoms with van der Waals surface area (Å²) in [7, 11) is 0. The SMILES string of the molecule is CC1C=CC=CC1(Nc1cccc(Cl)c1Cl)c1cnc(Br)cc1N=[N+]=[N-]. The maximum Gasteiger partial charge on any atom is 0.106 e. The summed E-state index contributed by atoms with van der Waals surface area (Å²) < 4.78 is 0.586. The van der Waals surface area contributed by atoms with Crippen LogP contribution in [0.5, 0.6) is 0 Å². The Morgan fingerprint density at radius 2 is 2.15 bits per heavy atom. The normalized spacial score (nSPS) is 21.3. The number of pyridine rings is 1. The molecule has 2 atom stereocenters. The molecule has 0 aliphatic heterocycles. The first kappa shape index (κ1) is 18.8. The maximum atomic E-state index is 8.99. The number of azide groups is 1. The fraction of sp³-hybridized carbons (Fsp3) is 0.167. The molecule has 2 unspecified atom stereocenters. The van der Waals surface area contributed by atoms with E-state index in [9.17, 15) is 0 Å². The van der Waals surface area contributed by atoms with Crippen molar-refractivity contribution in [2.24, 2.45) is 11.0 Å². The number of nitrogens with one attached hydrogen (secondary N) is 1. The van der Waals surface area contributed by atoms with Gasteiger partial charge < -0.3 is 5.32 Å². The molecule has 0 saturated heterocycles. The van der Waals surface area contributed by atoms with Crippen molar-refractivity contribution in [2.75, 3.05) is 5.32 Å². The molecule has 1 aromatic carbocycles. The second kappa shape index (κ2) is 7.72. The van der Waals surface area contributed by atoms with Crippen LogP contribution < -0.4 is 5.32 Å². The Labute approximate surface area is 169 Å². The lowest BCUT2D eigenvalue weighted by molar-refractivity contribution is 0.471. The van der Waals surface area contributed by atoms with Gasteiger partial charge in [0.05, 0.1) is 21.3 Å². The van der Waals surface area contributed by atoms with E-state index in [2.05, 4.69) is 49.3 Å².